The van der Waals surface area contributed by atoms with Gasteiger partial charge >= 0.3 is 0 Å². The maximum atomic E-state index is 9.84. The van der Waals surface area contributed by atoms with Gasteiger partial charge in [0.1, 0.15) is 6.26 Å². The molecule has 1 heterocycles. The summed E-state index contributed by atoms with van der Waals surface area (Å²) in [5.74, 6) is 0.250. The van der Waals surface area contributed by atoms with E-state index in [1.54, 1.807) is 0 Å². The van der Waals surface area contributed by atoms with Crippen molar-refractivity contribution in [2.45, 2.75) is 6.61 Å². The molecule has 3 nitrogen and oxygen atoms in total. The Kier molecular flexibility index (Phi) is 1.08. The van der Waals surface area contributed by atoms with E-state index >= 15 is 0 Å². The number of hydrogen-bond acceptors (Lipinski definition) is 2. The summed E-state index contributed by atoms with van der Waals surface area (Å²) in [5.41, 5.74) is 0. The third kappa shape index (κ3) is 0.778. The lowest BCUT2D eigenvalue weighted by atomic mass is 10.7. The average Bonchev–Trinajstić information content (AvgIpc) is 2.14. The van der Waals surface area contributed by atoms with Crippen LogP contribution in [0.2, 0.25) is 0 Å². The molecule has 37 valence electrons. The molecule has 0 fully saturated rings. The van der Waals surface area contributed by atoms with Gasteiger partial charge in [-0.15, -0.1) is 0 Å². The third-order valence-electron chi connectivity index (χ3n) is 0.607. The normalized spacial score (nSPS) is 9.29. The minimum Gasteiger partial charge on any atom is -0.446 e. The monoisotopic (exact) mass is 98.0 g/mol. The van der Waals surface area contributed by atoms with Crippen LogP contribution in [-0.2, 0) is 11.7 Å². The van der Waals surface area contributed by atoms with Crippen molar-refractivity contribution in [2.24, 2.45) is 0 Å². The third-order valence-corrected chi connectivity index (χ3v) is 0.607. The Bertz CT molecular complexity index is 124. The molecule has 0 unspecified atom stereocenters. The average molecular weight is 98.1 g/mol. The number of oxazole rings is 1. The van der Waals surface area contributed by atoms with Gasteiger partial charge in [-0.25, -0.2) is 10.1 Å². The first-order valence-electron chi connectivity index (χ1n) is 1.90. The van der Waals surface area contributed by atoms with Crippen LogP contribution >= 0.6 is 0 Å². The van der Waals surface area contributed by atoms with Gasteiger partial charge in [0, 0.05) is 0 Å². The van der Waals surface area contributed by atoms with Crippen LogP contribution in [0, 0.1) is 0 Å². The molecule has 0 aromatic carbocycles. The summed E-state index contributed by atoms with van der Waals surface area (Å²) in [6.45, 7) is -0.368. The quantitative estimate of drug-likeness (QED) is 0.516. The molecule has 0 aliphatic carbocycles. The van der Waals surface area contributed by atoms with E-state index in [1.165, 1.54) is 12.5 Å². The van der Waals surface area contributed by atoms with Gasteiger partial charge in [-0.2, -0.15) is 0 Å². The summed E-state index contributed by atoms with van der Waals surface area (Å²) in [5, 5.41) is 9.84. The summed E-state index contributed by atoms with van der Waals surface area (Å²) in [6, 6.07) is 0. The van der Waals surface area contributed by atoms with Crippen LogP contribution in [0.1, 0.15) is 5.89 Å². The van der Waals surface area contributed by atoms with E-state index in [1.807, 2.05) is 0 Å². The Balaban J connectivity index is 2.76. The Labute approximate surface area is 40.6 Å². The van der Waals surface area contributed by atoms with Crippen molar-refractivity contribution in [1.82, 2.24) is 4.98 Å². The molecule has 0 N–H and O–H groups in total. The minimum atomic E-state index is -0.368. The van der Waals surface area contributed by atoms with Crippen molar-refractivity contribution in [2.75, 3.05) is 0 Å². The van der Waals surface area contributed by atoms with Gasteiger partial charge < -0.3 is 4.42 Å². The minimum absolute atomic E-state index is 0.250. The smallest absolute Gasteiger partial charge is 0.223 e. The van der Waals surface area contributed by atoms with Crippen LogP contribution in [0.3, 0.4) is 0 Å². The van der Waals surface area contributed by atoms with E-state index in [-0.39, 0.29) is 12.5 Å². The van der Waals surface area contributed by atoms with E-state index in [0.29, 0.717) is 0 Å². The summed E-state index contributed by atoms with van der Waals surface area (Å²) < 4.78 is 4.56. The lowest BCUT2D eigenvalue weighted by molar-refractivity contribution is 0.150. The van der Waals surface area contributed by atoms with Crippen LogP contribution in [0.5, 0.6) is 0 Å². The molecule has 3 heteroatoms. The molecule has 0 atom stereocenters. The maximum Gasteiger partial charge on any atom is 0.223 e. The Morgan fingerprint density at radius 3 is 3.00 bits per heavy atom. The summed E-state index contributed by atoms with van der Waals surface area (Å²) in [7, 11) is 0. The largest absolute Gasteiger partial charge is 0.446 e. The summed E-state index contributed by atoms with van der Waals surface area (Å²) in [6.07, 6.45) is 2.83. The van der Waals surface area contributed by atoms with Gasteiger partial charge in [-0.3, -0.25) is 0 Å². The second kappa shape index (κ2) is 1.75. The van der Waals surface area contributed by atoms with Crippen molar-refractivity contribution in [3.63, 3.8) is 0 Å². The lowest BCUT2D eigenvalue weighted by Gasteiger charge is -1.74. The van der Waals surface area contributed by atoms with Crippen molar-refractivity contribution >= 4 is 0 Å². The highest BCUT2D eigenvalue weighted by molar-refractivity contribution is 4.74. The Hall–Kier alpha value is -0.830. The predicted molar refractivity (Wildman–Crippen MR) is 20.9 cm³/mol. The zero-order chi connectivity index (χ0) is 5.11. The van der Waals surface area contributed by atoms with Gasteiger partial charge in [-0.05, 0) is 0 Å². The molecule has 0 saturated carbocycles. The second-order valence-corrected chi connectivity index (χ2v) is 1.07. The Morgan fingerprint density at radius 2 is 2.71 bits per heavy atom. The fraction of sp³-hybridized carbons (Fsp3) is 0.250. The highest BCUT2D eigenvalue weighted by Gasteiger charge is 1.89. The van der Waals surface area contributed by atoms with Crippen molar-refractivity contribution in [1.29, 1.82) is 0 Å². The molecule has 0 saturated heterocycles. The SMILES string of the molecule is [O]Cc1ncco1. The molecule has 0 spiro atoms. The molecule has 0 bridgehead atoms. The van der Waals surface area contributed by atoms with Crippen molar-refractivity contribution < 1.29 is 9.52 Å². The molecular weight excluding hydrogens is 94.0 g/mol. The maximum absolute atomic E-state index is 9.84. The van der Waals surface area contributed by atoms with Crippen LogP contribution in [0.15, 0.2) is 16.9 Å². The number of nitrogens with zero attached hydrogens (tertiary/aromatic N) is 1. The first-order valence-corrected chi connectivity index (χ1v) is 1.90. The molecule has 7 heavy (non-hydrogen) atoms. The molecule has 1 aromatic heterocycles. The van der Waals surface area contributed by atoms with Gasteiger partial charge in [0.2, 0.25) is 5.89 Å². The van der Waals surface area contributed by atoms with E-state index < -0.39 is 0 Å². The lowest BCUT2D eigenvalue weighted by Crippen LogP contribution is -1.75. The molecular formula is C4H4NO2. The van der Waals surface area contributed by atoms with Gasteiger partial charge in [0.05, 0.1) is 6.20 Å². The van der Waals surface area contributed by atoms with Crippen molar-refractivity contribution in [3.8, 4) is 0 Å². The zero-order valence-corrected chi connectivity index (χ0v) is 3.63. The van der Waals surface area contributed by atoms with Crippen LogP contribution in [0.4, 0.5) is 0 Å². The molecule has 0 aliphatic heterocycles. The first-order chi connectivity index (χ1) is 3.43. The first kappa shape index (κ1) is 4.33. The fourth-order valence-electron chi connectivity index (χ4n) is 0.324. The van der Waals surface area contributed by atoms with Gasteiger partial charge in [0.25, 0.3) is 0 Å². The van der Waals surface area contributed by atoms with E-state index in [9.17, 15) is 5.11 Å². The van der Waals surface area contributed by atoms with Gasteiger partial charge in [-0.1, -0.05) is 0 Å². The number of hydrogen-bond donors (Lipinski definition) is 0. The molecule has 1 radical (unpaired) electrons. The van der Waals surface area contributed by atoms with Crippen molar-refractivity contribution in [3.05, 3.63) is 18.4 Å². The summed E-state index contributed by atoms with van der Waals surface area (Å²) >= 11 is 0. The standard InChI is InChI=1S/C4H4NO2/c6-3-4-5-1-2-7-4/h1-2H,3H2. The van der Waals surface area contributed by atoms with Gasteiger partial charge in [0.15, 0.2) is 6.61 Å². The molecule has 1 aromatic rings. The summed E-state index contributed by atoms with van der Waals surface area (Å²) in [4.78, 5) is 3.56. The van der Waals surface area contributed by atoms with Crippen LogP contribution in [0.25, 0.3) is 0 Å². The second-order valence-electron chi connectivity index (χ2n) is 1.07. The fourth-order valence-corrected chi connectivity index (χ4v) is 0.324. The zero-order valence-electron chi connectivity index (χ0n) is 3.63. The number of rotatable bonds is 1. The van der Waals surface area contributed by atoms with E-state index in [0.717, 1.165) is 0 Å². The van der Waals surface area contributed by atoms with Crippen LogP contribution < -0.4 is 0 Å². The molecule has 0 amide bonds. The highest BCUT2D eigenvalue weighted by atomic mass is 16.4. The molecule has 1 rings (SSSR count). The molecule has 0 aliphatic rings. The van der Waals surface area contributed by atoms with E-state index in [4.69, 9.17) is 0 Å². The highest BCUT2D eigenvalue weighted by Crippen LogP contribution is 1.91. The topological polar surface area (TPSA) is 45.9 Å². The van der Waals surface area contributed by atoms with E-state index in [2.05, 4.69) is 9.40 Å². The van der Waals surface area contributed by atoms with Crippen LogP contribution in [-0.4, -0.2) is 4.98 Å². The number of aromatic nitrogens is 1. The predicted octanol–water partition coefficient (Wildman–Crippen LogP) is 0.605. The Morgan fingerprint density at radius 1 is 1.86 bits per heavy atom.